The number of hydrogen-bond acceptors (Lipinski definition) is 3. The standard InChI is InChI=1S/C10H17N3O/c1-13-4-2-8(7-13)10-6-9(3-5-14)11-12-10/h6,8,14H,2-5,7H2,1H3,(H,11,12)/t8-/m0/s1. The average Bonchev–Trinajstić information content (AvgIpc) is 2.74. The zero-order chi connectivity index (χ0) is 9.97. The molecule has 0 spiro atoms. The number of aliphatic hydroxyl groups excluding tert-OH is 1. The minimum atomic E-state index is 0.187. The van der Waals surface area contributed by atoms with Crippen LogP contribution < -0.4 is 0 Å². The Kier molecular flexibility index (Phi) is 2.84. The van der Waals surface area contributed by atoms with Gasteiger partial charge in [0.15, 0.2) is 0 Å². The van der Waals surface area contributed by atoms with Crippen molar-refractivity contribution in [3.05, 3.63) is 17.5 Å². The molecule has 0 saturated carbocycles. The number of nitrogens with one attached hydrogen (secondary N) is 1. The summed E-state index contributed by atoms with van der Waals surface area (Å²) < 4.78 is 0. The maximum Gasteiger partial charge on any atom is 0.0669 e. The second kappa shape index (κ2) is 4.11. The number of nitrogens with zero attached hydrogens (tertiary/aromatic N) is 2. The van der Waals surface area contributed by atoms with E-state index in [4.69, 9.17) is 5.11 Å². The summed E-state index contributed by atoms with van der Waals surface area (Å²) in [5.41, 5.74) is 2.19. The van der Waals surface area contributed by atoms with Gasteiger partial charge in [-0.3, -0.25) is 5.10 Å². The van der Waals surface area contributed by atoms with Crippen molar-refractivity contribution in [2.75, 3.05) is 26.7 Å². The van der Waals surface area contributed by atoms with Crippen molar-refractivity contribution in [3.8, 4) is 0 Å². The van der Waals surface area contributed by atoms with Gasteiger partial charge in [-0.1, -0.05) is 0 Å². The molecule has 2 heterocycles. The van der Waals surface area contributed by atoms with Crippen molar-refractivity contribution >= 4 is 0 Å². The van der Waals surface area contributed by atoms with Gasteiger partial charge in [0.2, 0.25) is 0 Å². The minimum absolute atomic E-state index is 0.187. The molecule has 2 N–H and O–H groups in total. The molecule has 0 unspecified atom stereocenters. The van der Waals surface area contributed by atoms with Crippen LogP contribution in [0, 0.1) is 0 Å². The van der Waals surface area contributed by atoms with Crippen LogP contribution in [0.5, 0.6) is 0 Å². The van der Waals surface area contributed by atoms with Gasteiger partial charge < -0.3 is 10.0 Å². The Bertz CT molecular complexity index is 297. The average molecular weight is 195 g/mol. The van der Waals surface area contributed by atoms with Crippen LogP contribution in [0.1, 0.15) is 23.7 Å². The fraction of sp³-hybridized carbons (Fsp3) is 0.700. The van der Waals surface area contributed by atoms with Crippen LogP contribution >= 0.6 is 0 Å². The van der Waals surface area contributed by atoms with E-state index >= 15 is 0 Å². The fourth-order valence-corrected chi connectivity index (χ4v) is 2.01. The van der Waals surface area contributed by atoms with Gasteiger partial charge in [0, 0.05) is 31.2 Å². The molecule has 4 heteroatoms. The summed E-state index contributed by atoms with van der Waals surface area (Å²) in [6.07, 6.45) is 1.87. The molecule has 1 aromatic rings. The molecule has 0 aliphatic carbocycles. The highest BCUT2D eigenvalue weighted by molar-refractivity contribution is 5.15. The van der Waals surface area contributed by atoms with Crippen LogP contribution in [-0.2, 0) is 6.42 Å². The predicted octanol–water partition coefficient (Wildman–Crippen LogP) is 0.364. The first-order valence-electron chi connectivity index (χ1n) is 5.13. The normalized spacial score (nSPS) is 23.1. The first-order valence-corrected chi connectivity index (χ1v) is 5.13. The maximum absolute atomic E-state index is 8.78. The van der Waals surface area contributed by atoms with Gasteiger partial charge >= 0.3 is 0 Å². The molecule has 1 aliphatic heterocycles. The Hall–Kier alpha value is -0.870. The van der Waals surface area contributed by atoms with Gasteiger partial charge in [0.05, 0.1) is 5.69 Å². The Morgan fingerprint density at radius 3 is 3.21 bits per heavy atom. The number of aromatic amines is 1. The molecule has 1 atom stereocenters. The molecule has 0 bridgehead atoms. The Balaban J connectivity index is 2.02. The van der Waals surface area contributed by atoms with Gasteiger partial charge in [0.25, 0.3) is 0 Å². The molecule has 14 heavy (non-hydrogen) atoms. The third kappa shape index (κ3) is 1.96. The Labute approximate surface area is 83.9 Å². The SMILES string of the molecule is CN1CC[C@H](c2cc(CCO)[nH]n2)C1. The van der Waals surface area contributed by atoms with E-state index in [2.05, 4.69) is 28.2 Å². The fourth-order valence-electron chi connectivity index (χ4n) is 2.01. The van der Waals surface area contributed by atoms with Crippen LogP contribution in [0.15, 0.2) is 6.07 Å². The molecule has 1 fully saturated rings. The van der Waals surface area contributed by atoms with Crippen LogP contribution in [0.2, 0.25) is 0 Å². The molecule has 4 nitrogen and oxygen atoms in total. The van der Waals surface area contributed by atoms with E-state index in [9.17, 15) is 0 Å². The number of likely N-dealkylation sites (N-methyl/N-ethyl adjacent to an activating group) is 1. The van der Waals surface area contributed by atoms with Crippen molar-refractivity contribution < 1.29 is 5.11 Å². The molecule has 0 radical (unpaired) electrons. The monoisotopic (exact) mass is 195 g/mol. The lowest BCUT2D eigenvalue weighted by molar-refractivity contribution is 0.298. The second-order valence-corrected chi connectivity index (χ2v) is 4.04. The van der Waals surface area contributed by atoms with Crippen molar-refractivity contribution in [2.45, 2.75) is 18.8 Å². The molecular weight excluding hydrogens is 178 g/mol. The van der Waals surface area contributed by atoms with E-state index in [0.29, 0.717) is 12.3 Å². The zero-order valence-electron chi connectivity index (χ0n) is 8.53. The Morgan fingerprint density at radius 2 is 2.57 bits per heavy atom. The lowest BCUT2D eigenvalue weighted by Crippen LogP contribution is -2.13. The highest BCUT2D eigenvalue weighted by atomic mass is 16.3. The smallest absolute Gasteiger partial charge is 0.0669 e. The third-order valence-corrected chi connectivity index (χ3v) is 2.84. The van der Waals surface area contributed by atoms with E-state index in [1.807, 2.05) is 0 Å². The summed E-state index contributed by atoms with van der Waals surface area (Å²) in [4.78, 5) is 2.32. The van der Waals surface area contributed by atoms with Crippen molar-refractivity contribution in [1.82, 2.24) is 15.1 Å². The summed E-state index contributed by atoms with van der Waals surface area (Å²) in [7, 11) is 2.14. The molecule has 78 valence electrons. The van der Waals surface area contributed by atoms with Crippen LogP contribution in [0.4, 0.5) is 0 Å². The van der Waals surface area contributed by atoms with E-state index in [1.54, 1.807) is 0 Å². The van der Waals surface area contributed by atoms with Gasteiger partial charge in [-0.15, -0.1) is 0 Å². The van der Waals surface area contributed by atoms with Crippen molar-refractivity contribution in [3.63, 3.8) is 0 Å². The molecule has 1 aromatic heterocycles. The van der Waals surface area contributed by atoms with Gasteiger partial charge in [-0.25, -0.2) is 0 Å². The first-order chi connectivity index (χ1) is 6.79. The molecule has 1 aliphatic rings. The number of aromatic nitrogens is 2. The number of hydrogen-bond donors (Lipinski definition) is 2. The quantitative estimate of drug-likeness (QED) is 0.732. The van der Waals surface area contributed by atoms with Gasteiger partial charge in [-0.05, 0) is 26.1 Å². The molecular formula is C10H17N3O. The lowest BCUT2D eigenvalue weighted by Gasteiger charge is -2.06. The molecule has 2 rings (SSSR count). The van der Waals surface area contributed by atoms with E-state index in [0.717, 1.165) is 24.5 Å². The minimum Gasteiger partial charge on any atom is -0.396 e. The van der Waals surface area contributed by atoms with Crippen LogP contribution in [0.3, 0.4) is 0 Å². The second-order valence-electron chi connectivity index (χ2n) is 4.04. The Morgan fingerprint density at radius 1 is 1.71 bits per heavy atom. The van der Waals surface area contributed by atoms with E-state index in [-0.39, 0.29) is 6.61 Å². The number of likely N-dealkylation sites (tertiary alicyclic amines) is 1. The lowest BCUT2D eigenvalue weighted by atomic mass is 10.0. The van der Waals surface area contributed by atoms with Gasteiger partial charge in [-0.2, -0.15) is 5.10 Å². The largest absolute Gasteiger partial charge is 0.396 e. The first kappa shape index (κ1) is 9.68. The van der Waals surface area contributed by atoms with E-state index in [1.165, 1.54) is 6.42 Å². The molecule has 0 amide bonds. The van der Waals surface area contributed by atoms with Crippen molar-refractivity contribution in [1.29, 1.82) is 0 Å². The highest BCUT2D eigenvalue weighted by Crippen LogP contribution is 2.24. The zero-order valence-corrected chi connectivity index (χ0v) is 8.53. The maximum atomic E-state index is 8.78. The summed E-state index contributed by atoms with van der Waals surface area (Å²) in [5.74, 6) is 0.573. The number of H-pyrrole nitrogens is 1. The van der Waals surface area contributed by atoms with E-state index < -0.39 is 0 Å². The highest BCUT2D eigenvalue weighted by Gasteiger charge is 2.22. The molecule has 1 saturated heterocycles. The summed E-state index contributed by atoms with van der Waals surface area (Å²) >= 11 is 0. The number of aliphatic hydroxyl groups is 1. The summed E-state index contributed by atoms with van der Waals surface area (Å²) in [6.45, 7) is 2.45. The van der Waals surface area contributed by atoms with Crippen molar-refractivity contribution in [2.24, 2.45) is 0 Å². The summed E-state index contributed by atoms with van der Waals surface area (Å²) in [6, 6.07) is 2.08. The molecule has 0 aromatic carbocycles. The van der Waals surface area contributed by atoms with Crippen LogP contribution in [0.25, 0.3) is 0 Å². The van der Waals surface area contributed by atoms with Crippen LogP contribution in [-0.4, -0.2) is 46.9 Å². The number of rotatable bonds is 3. The third-order valence-electron chi connectivity index (χ3n) is 2.84. The topological polar surface area (TPSA) is 52.1 Å². The predicted molar refractivity (Wildman–Crippen MR) is 54.2 cm³/mol. The van der Waals surface area contributed by atoms with Gasteiger partial charge in [0.1, 0.15) is 0 Å². The summed E-state index contributed by atoms with van der Waals surface area (Å²) in [5, 5.41) is 16.0.